The van der Waals surface area contributed by atoms with Gasteiger partial charge in [0, 0.05) is 4.88 Å². The highest BCUT2D eigenvalue weighted by molar-refractivity contribution is 7.14. The maximum Gasteiger partial charge on any atom is 0.349 e. The summed E-state index contributed by atoms with van der Waals surface area (Å²) < 4.78 is 1.30. The van der Waals surface area contributed by atoms with Crippen molar-refractivity contribution in [1.82, 2.24) is 19.6 Å². The number of hydrogen-bond donors (Lipinski definition) is 1. The van der Waals surface area contributed by atoms with Gasteiger partial charge in [-0.1, -0.05) is 6.92 Å². The van der Waals surface area contributed by atoms with Crippen LogP contribution in [0.15, 0.2) is 22.7 Å². The van der Waals surface area contributed by atoms with Crippen LogP contribution in [0.2, 0.25) is 0 Å². The molecule has 0 bridgehead atoms. The molecule has 0 fully saturated rings. The van der Waals surface area contributed by atoms with Gasteiger partial charge >= 0.3 is 5.69 Å². The molecular formula is C12H12N4OS. The van der Waals surface area contributed by atoms with Gasteiger partial charge in [0.25, 0.3) is 0 Å². The molecule has 5 nitrogen and oxygen atoms in total. The van der Waals surface area contributed by atoms with Crippen molar-refractivity contribution in [2.75, 3.05) is 0 Å². The van der Waals surface area contributed by atoms with Crippen LogP contribution in [0.1, 0.15) is 18.1 Å². The second-order valence-corrected chi connectivity index (χ2v) is 4.96. The molecule has 0 unspecified atom stereocenters. The van der Waals surface area contributed by atoms with Crippen molar-refractivity contribution in [3.8, 4) is 10.4 Å². The molecule has 0 atom stereocenters. The number of nitrogens with zero attached hydrogens (tertiary/aromatic N) is 3. The van der Waals surface area contributed by atoms with E-state index in [1.165, 1.54) is 22.0 Å². The quantitative estimate of drug-likeness (QED) is 0.766. The Morgan fingerprint density at radius 2 is 2.33 bits per heavy atom. The Bertz CT molecular complexity index is 768. The lowest BCUT2D eigenvalue weighted by Gasteiger charge is -2.00. The lowest BCUT2D eigenvalue weighted by atomic mass is 10.1. The third-order valence-electron chi connectivity index (χ3n) is 3.01. The molecular weight excluding hydrogens is 248 g/mol. The number of rotatable bonds is 2. The lowest BCUT2D eigenvalue weighted by molar-refractivity contribution is 0.840. The molecule has 0 saturated heterocycles. The number of thiophene rings is 1. The monoisotopic (exact) mass is 260 g/mol. The van der Waals surface area contributed by atoms with Crippen LogP contribution in [0, 0.1) is 6.92 Å². The Kier molecular flexibility index (Phi) is 2.52. The van der Waals surface area contributed by atoms with E-state index >= 15 is 0 Å². The van der Waals surface area contributed by atoms with Gasteiger partial charge in [0.2, 0.25) is 0 Å². The van der Waals surface area contributed by atoms with Crippen molar-refractivity contribution in [3.05, 3.63) is 39.5 Å². The number of nitrogens with one attached hydrogen (secondary N) is 1. The Balaban J connectivity index is 2.32. The zero-order valence-electron chi connectivity index (χ0n) is 10.1. The Labute approximate surface area is 107 Å². The third kappa shape index (κ3) is 1.49. The summed E-state index contributed by atoms with van der Waals surface area (Å²) in [5, 5.41) is 6.23. The van der Waals surface area contributed by atoms with Crippen LogP contribution >= 0.6 is 11.3 Å². The SMILES string of the molecule is CCc1c(C)csc1-c1cnn2c(=O)[nH]cnc12. The first-order valence-electron chi connectivity index (χ1n) is 5.71. The van der Waals surface area contributed by atoms with E-state index in [9.17, 15) is 4.79 Å². The molecule has 6 heteroatoms. The van der Waals surface area contributed by atoms with Crippen molar-refractivity contribution in [2.24, 2.45) is 0 Å². The number of aromatic amines is 1. The number of hydrogen-bond acceptors (Lipinski definition) is 4. The standard InChI is InChI=1S/C12H12N4OS/c1-3-8-7(2)5-18-10(8)9-4-15-16-11(9)13-6-14-12(16)17/h4-6H,3H2,1-2H3,(H,13,14,17). The predicted octanol–water partition coefficient (Wildman–Crippen LogP) is 2.02. The fourth-order valence-electron chi connectivity index (χ4n) is 2.12. The molecule has 3 heterocycles. The first-order chi connectivity index (χ1) is 8.72. The minimum atomic E-state index is -0.266. The van der Waals surface area contributed by atoms with Crippen molar-refractivity contribution in [2.45, 2.75) is 20.3 Å². The Hall–Kier alpha value is -1.95. The predicted molar refractivity (Wildman–Crippen MR) is 71.0 cm³/mol. The molecule has 0 saturated carbocycles. The van der Waals surface area contributed by atoms with E-state index in [-0.39, 0.29) is 5.69 Å². The summed E-state index contributed by atoms with van der Waals surface area (Å²) >= 11 is 1.67. The average Bonchev–Trinajstić information content (AvgIpc) is 2.93. The molecule has 0 radical (unpaired) electrons. The van der Waals surface area contributed by atoms with Gasteiger partial charge in [0.15, 0.2) is 5.65 Å². The second kappa shape index (κ2) is 4.06. The Morgan fingerprint density at radius 3 is 3.11 bits per heavy atom. The van der Waals surface area contributed by atoms with Gasteiger partial charge in [0.1, 0.15) is 0 Å². The Morgan fingerprint density at radius 1 is 1.50 bits per heavy atom. The first kappa shape index (κ1) is 11.2. The van der Waals surface area contributed by atoms with Crippen LogP contribution in [0.4, 0.5) is 0 Å². The van der Waals surface area contributed by atoms with E-state index in [0.717, 1.165) is 16.9 Å². The van der Waals surface area contributed by atoms with Gasteiger partial charge in [-0.15, -0.1) is 11.3 Å². The molecule has 0 aliphatic rings. The molecule has 92 valence electrons. The molecule has 3 aromatic rings. The van der Waals surface area contributed by atoms with E-state index in [2.05, 4.69) is 34.3 Å². The summed E-state index contributed by atoms with van der Waals surface area (Å²) in [6.45, 7) is 4.23. The first-order valence-corrected chi connectivity index (χ1v) is 6.59. The van der Waals surface area contributed by atoms with Crippen LogP contribution in [0.3, 0.4) is 0 Å². The van der Waals surface area contributed by atoms with Crippen LogP contribution in [0.25, 0.3) is 16.1 Å². The number of aromatic nitrogens is 4. The van der Waals surface area contributed by atoms with Gasteiger partial charge < -0.3 is 0 Å². The summed E-state index contributed by atoms with van der Waals surface area (Å²) in [5.41, 5.74) is 3.85. The lowest BCUT2D eigenvalue weighted by Crippen LogP contribution is -2.17. The summed E-state index contributed by atoms with van der Waals surface area (Å²) in [6.07, 6.45) is 4.09. The largest absolute Gasteiger partial charge is 0.349 e. The molecule has 0 aliphatic heterocycles. The van der Waals surface area contributed by atoms with Crippen LogP contribution in [0.5, 0.6) is 0 Å². The van der Waals surface area contributed by atoms with Gasteiger partial charge in [-0.2, -0.15) is 9.61 Å². The maximum atomic E-state index is 11.6. The van der Waals surface area contributed by atoms with Gasteiger partial charge in [0.05, 0.1) is 18.1 Å². The topological polar surface area (TPSA) is 63.1 Å². The highest BCUT2D eigenvalue weighted by atomic mass is 32.1. The van der Waals surface area contributed by atoms with Crippen LogP contribution < -0.4 is 5.69 Å². The summed E-state index contributed by atoms with van der Waals surface area (Å²) in [4.78, 5) is 19.5. The maximum absolute atomic E-state index is 11.6. The minimum Gasteiger partial charge on any atom is -0.296 e. The van der Waals surface area contributed by atoms with Crippen molar-refractivity contribution < 1.29 is 0 Å². The number of H-pyrrole nitrogens is 1. The zero-order chi connectivity index (χ0) is 12.7. The highest BCUT2D eigenvalue weighted by Crippen LogP contribution is 2.34. The fourth-order valence-corrected chi connectivity index (χ4v) is 3.27. The molecule has 0 aromatic carbocycles. The summed E-state index contributed by atoms with van der Waals surface area (Å²) in [5.74, 6) is 0. The number of aryl methyl sites for hydroxylation is 1. The third-order valence-corrected chi connectivity index (χ3v) is 4.19. The van der Waals surface area contributed by atoms with E-state index in [1.807, 2.05) is 0 Å². The average molecular weight is 260 g/mol. The zero-order valence-corrected chi connectivity index (χ0v) is 10.9. The van der Waals surface area contributed by atoms with Gasteiger partial charge in [-0.3, -0.25) is 4.98 Å². The van der Waals surface area contributed by atoms with Gasteiger partial charge in [-0.25, -0.2) is 9.78 Å². The molecule has 3 rings (SSSR count). The van der Waals surface area contributed by atoms with Gasteiger partial charge in [-0.05, 0) is 29.9 Å². The van der Waals surface area contributed by atoms with Crippen molar-refractivity contribution in [3.63, 3.8) is 0 Å². The molecule has 18 heavy (non-hydrogen) atoms. The summed E-state index contributed by atoms with van der Waals surface area (Å²) in [6, 6.07) is 0. The smallest absolute Gasteiger partial charge is 0.296 e. The van der Waals surface area contributed by atoms with Crippen molar-refractivity contribution in [1.29, 1.82) is 0 Å². The molecule has 0 aliphatic carbocycles. The van der Waals surface area contributed by atoms with E-state index in [0.29, 0.717) is 5.65 Å². The second-order valence-electron chi connectivity index (χ2n) is 4.08. The van der Waals surface area contributed by atoms with Crippen molar-refractivity contribution >= 4 is 17.0 Å². The fraction of sp³-hybridized carbons (Fsp3) is 0.250. The van der Waals surface area contributed by atoms with E-state index in [4.69, 9.17) is 0 Å². The molecule has 0 spiro atoms. The minimum absolute atomic E-state index is 0.266. The molecule has 1 N–H and O–H groups in total. The molecule has 3 aromatic heterocycles. The summed E-state index contributed by atoms with van der Waals surface area (Å²) in [7, 11) is 0. The van der Waals surface area contributed by atoms with E-state index in [1.54, 1.807) is 17.5 Å². The number of fused-ring (bicyclic) bond motifs is 1. The van der Waals surface area contributed by atoms with E-state index < -0.39 is 0 Å². The highest BCUT2D eigenvalue weighted by Gasteiger charge is 2.15. The van der Waals surface area contributed by atoms with Crippen LogP contribution in [-0.4, -0.2) is 19.6 Å². The molecule has 0 amide bonds. The normalized spacial score (nSPS) is 11.2. The van der Waals surface area contributed by atoms with Crippen LogP contribution in [-0.2, 0) is 6.42 Å².